The molecule has 0 spiro atoms. The number of benzene rings is 2. The fourth-order valence-electron chi connectivity index (χ4n) is 2.62. The Morgan fingerprint density at radius 3 is 2.67 bits per heavy atom. The van der Waals surface area contributed by atoms with E-state index < -0.39 is 0 Å². The van der Waals surface area contributed by atoms with Crippen molar-refractivity contribution in [2.24, 2.45) is 0 Å². The Morgan fingerprint density at radius 1 is 1.10 bits per heavy atom. The lowest BCUT2D eigenvalue weighted by atomic mass is 10.0. The maximum absolute atomic E-state index is 12.6. The van der Waals surface area contributed by atoms with Crippen LogP contribution in [0.5, 0.6) is 0 Å². The summed E-state index contributed by atoms with van der Waals surface area (Å²) in [6.45, 7) is 2.08. The molecule has 0 bridgehead atoms. The van der Waals surface area contributed by atoms with Crippen molar-refractivity contribution in [3.8, 4) is 0 Å². The van der Waals surface area contributed by atoms with E-state index in [0.29, 0.717) is 5.56 Å². The van der Waals surface area contributed by atoms with Crippen molar-refractivity contribution in [1.29, 1.82) is 0 Å². The number of fused-ring (bicyclic) bond motifs is 1. The van der Waals surface area contributed by atoms with E-state index in [0.717, 1.165) is 22.9 Å². The number of aromatic amines is 1. The molecule has 0 aliphatic carbocycles. The molecule has 1 atom stereocenters. The van der Waals surface area contributed by atoms with Crippen LogP contribution in [-0.4, -0.2) is 10.9 Å². The number of carbonyl (C=O) groups is 1. The second-order valence-corrected chi connectivity index (χ2v) is 5.09. The third-order valence-electron chi connectivity index (χ3n) is 3.75. The summed E-state index contributed by atoms with van der Waals surface area (Å²) < 4.78 is 0. The van der Waals surface area contributed by atoms with Crippen molar-refractivity contribution in [2.45, 2.75) is 19.4 Å². The molecule has 1 amide bonds. The number of hydrogen-bond acceptors (Lipinski definition) is 1. The largest absolute Gasteiger partial charge is 0.361 e. The van der Waals surface area contributed by atoms with Gasteiger partial charge in [0.15, 0.2) is 0 Å². The lowest BCUT2D eigenvalue weighted by Crippen LogP contribution is -2.28. The number of amides is 1. The monoisotopic (exact) mass is 278 g/mol. The fraction of sp³-hybridized carbons (Fsp3) is 0.167. The molecule has 0 saturated heterocycles. The number of rotatable bonds is 4. The summed E-state index contributed by atoms with van der Waals surface area (Å²) >= 11 is 0. The Hall–Kier alpha value is -2.55. The summed E-state index contributed by atoms with van der Waals surface area (Å²) in [4.78, 5) is 15.7. The molecular weight excluding hydrogens is 260 g/mol. The van der Waals surface area contributed by atoms with E-state index in [9.17, 15) is 4.79 Å². The van der Waals surface area contributed by atoms with Crippen molar-refractivity contribution in [1.82, 2.24) is 10.3 Å². The molecule has 2 N–H and O–H groups in total. The summed E-state index contributed by atoms with van der Waals surface area (Å²) in [5.74, 6) is -0.0428. The van der Waals surface area contributed by atoms with Crippen LogP contribution in [0.15, 0.2) is 60.8 Å². The smallest absolute Gasteiger partial charge is 0.253 e. The van der Waals surface area contributed by atoms with Crippen LogP contribution in [0.25, 0.3) is 10.9 Å². The quantitative estimate of drug-likeness (QED) is 0.743. The second kappa shape index (κ2) is 5.83. The lowest BCUT2D eigenvalue weighted by molar-refractivity contribution is 0.0937. The highest BCUT2D eigenvalue weighted by Gasteiger charge is 2.16. The predicted molar refractivity (Wildman–Crippen MR) is 85.2 cm³/mol. The van der Waals surface area contributed by atoms with Crippen LogP contribution < -0.4 is 5.32 Å². The van der Waals surface area contributed by atoms with Gasteiger partial charge in [-0.25, -0.2) is 0 Å². The van der Waals surface area contributed by atoms with Gasteiger partial charge in [0.1, 0.15) is 0 Å². The normalized spacial score (nSPS) is 12.2. The first-order chi connectivity index (χ1) is 10.3. The van der Waals surface area contributed by atoms with Gasteiger partial charge in [0.2, 0.25) is 0 Å². The third kappa shape index (κ3) is 2.68. The van der Waals surface area contributed by atoms with Gasteiger partial charge in [-0.05, 0) is 24.1 Å². The minimum Gasteiger partial charge on any atom is -0.361 e. The first-order valence-corrected chi connectivity index (χ1v) is 7.21. The van der Waals surface area contributed by atoms with Crippen LogP contribution in [0.2, 0.25) is 0 Å². The summed E-state index contributed by atoms with van der Waals surface area (Å²) in [5, 5.41) is 4.17. The van der Waals surface area contributed by atoms with Crippen LogP contribution in [0.4, 0.5) is 0 Å². The van der Waals surface area contributed by atoms with Crippen molar-refractivity contribution in [3.63, 3.8) is 0 Å². The number of carbonyl (C=O) groups excluding carboxylic acids is 1. The molecule has 0 aliphatic heterocycles. The Bertz CT molecular complexity index is 746. The van der Waals surface area contributed by atoms with Crippen molar-refractivity contribution >= 4 is 16.8 Å². The molecular formula is C18H18N2O. The fourth-order valence-corrected chi connectivity index (χ4v) is 2.62. The van der Waals surface area contributed by atoms with Gasteiger partial charge >= 0.3 is 0 Å². The number of nitrogens with one attached hydrogen (secondary N) is 2. The highest BCUT2D eigenvalue weighted by atomic mass is 16.1. The zero-order valence-corrected chi connectivity index (χ0v) is 12.0. The standard InChI is InChI=1S/C18H18N2O/c1-2-16(13-7-4-3-5-8-13)20-18(21)15-10-6-9-14-11-12-19-17(14)15/h3-12,16,19H,2H2,1H3,(H,20,21). The number of hydrogen-bond donors (Lipinski definition) is 2. The van der Waals surface area contributed by atoms with Gasteiger partial charge in [0, 0.05) is 11.6 Å². The van der Waals surface area contributed by atoms with Gasteiger partial charge in [0.05, 0.1) is 17.1 Å². The predicted octanol–water partition coefficient (Wildman–Crippen LogP) is 4.05. The summed E-state index contributed by atoms with van der Waals surface area (Å²) in [6, 6.07) is 17.8. The summed E-state index contributed by atoms with van der Waals surface area (Å²) in [7, 11) is 0. The molecule has 0 aliphatic rings. The molecule has 3 aromatic rings. The van der Waals surface area contributed by atoms with Gasteiger partial charge < -0.3 is 10.3 Å². The van der Waals surface area contributed by atoms with E-state index in [2.05, 4.69) is 17.2 Å². The van der Waals surface area contributed by atoms with E-state index >= 15 is 0 Å². The highest BCUT2D eigenvalue weighted by molar-refractivity contribution is 6.05. The first-order valence-electron chi connectivity index (χ1n) is 7.21. The third-order valence-corrected chi connectivity index (χ3v) is 3.75. The van der Waals surface area contributed by atoms with Crippen LogP contribution >= 0.6 is 0 Å². The molecule has 2 aromatic carbocycles. The molecule has 3 nitrogen and oxygen atoms in total. The number of H-pyrrole nitrogens is 1. The van der Waals surface area contributed by atoms with E-state index in [4.69, 9.17) is 0 Å². The van der Waals surface area contributed by atoms with Crippen LogP contribution in [-0.2, 0) is 0 Å². The van der Waals surface area contributed by atoms with E-state index in [-0.39, 0.29) is 11.9 Å². The molecule has 21 heavy (non-hydrogen) atoms. The second-order valence-electron chi connectivity index (χ2n) is 5.09. The van der Waals surface area contributed by atoms with Gasteiger partial charge in [-0.15, -0.1) is 0 Å². The summed E-state index contributed by atoms with van der Waals surface area (Å²) in [6.07, 6.45) is 2.71. The van der Waals surface area contributed by atoms with Crippen LogP contribution in [0, 0.1) is 0 Å². The van der Waals surface area contributed by atoms with Gasteiger partial charge in [-0.2, -0.15) is 0 Å². The molecule has 1 heterocycles. The average Bonchev–Trinajstić information content (AvgIpc) is 3.01. The van der Waals surface area contributed by atoms with Crippen LogP contribution in [0.3, 0.4) is 0 Å². The summed E-state index contributed by atoms with van der Waals surface area (Å²) in [5.41, 5.74) is 2.71. The van der Waals surface area contributed by atoms with Gasteiger partial charge in [0.25, 0.3) is 5.91 Å². The Labute approximate surface area is 124 Å². The van der Waals surface area contributed by atoms with Crippen LogP contribution in [0.1, 0.15) is 35.3 Å². The molecule has 3 heteroatoms. The zero-order chi connectivity index (χ0) is 14.7. The number of aromatic nitrogens is 1. The van der Waals surface area contributed by atoms with Crippen molar-refractivity contribution in [3.05, 3.63) is 71.9 Å². The maximum Gasteiger partial charge on any atom is 0.253 e. The van der Waals surface area contributed by atoms with E-state index in [1.807, 2.05) is 60.8 Å². The molecule has 1 unspecified atom stereocenters. The van der Waals surface area contributed by atoms with E-state index in [1.54, 1.807) is 0 Å². The van der Waals surface area contributed by atoms with Crippen molar-refractivity contribution < 1.29 is 4.79 Å². The molecule has 0 radical (unpaired) electrons. The highest BCUT2D eigenvalue weighted by Crippen LogP contribution is 2.20. The first kappa shape index (κ1) is 13.4. The molecule has 106 valence electrons. The topological polar surface area (TPSA) is 44.9 Å². The average molecular weight is 278 g/mol. The molecule has 1 aromatic heterocycles. The lowest BCUT2D eigenvalue weighted by Gasteiger charge is -2.17. The Morgan fingerprint density at radius 2 is 1.90 bits per heavy atom. The zero-order valence-electron chi connectivity index (χ0n) is 12.0. The number of para-hydroxylation sites is 1. The van der Waals surface area contributed by atoms with Crippen molar-refractivity contribution in [2.75, 3.05) is 0 Å². The molecule has 3 rings (SSSR count). The van der Waals surface area contributed by atoms with E-state index in [1.165, 1.54) is 0 Å². The Kier molecular flexibility index (Phi) is 3.73. The minimum absolute atomic E-state index is 0.0314. The maximum atomic E-state index is 12.6. The van der Waals surface area contributed by atoms with Gasteiger partial charge in [-0.3, -0.25) is 4.79 Å². The minimum atomic E-state index is -0.0428. The van der Waals surface area contributed by atoms with Gasteiger partial charge in [-0.1, -0.05) is 49.4 Å². The molecule has 0 fully saturated rings. The molecule has 0 saturated carbocycles. The SMILES string of the molecule is CCC(NC(=O)c1cccc2cc[nH]c12)c1ccccc1. The Balaban J connectivity index is 1.87.